The Morgan fingerprint density at radius 2 is 1.86 bits per heavy atom. The minimum atomic E-state index is -1.14. The summed E-state index contributed by atoms with van der Waals surface area (Å²) in [5, 5.41) is 0. The largest absolute Gasteiger partial charge is 0.367 e. The van der Waals surface area contributed by atoms with Gasteiger partial charge in [0.2, 0.25) is 0 Å². The van der Waals surface area contributed by atoms with Gasteiger partial charge in [-0.25, -0.2) is 8.93 Å². The number of fused-ring (bicyclic) bond motifs is 1. The molecule has 2 unspecified atom stereocenters. The van der Waals surface area contributed by atoms with Crippen molar-refractivity contribution in [3.05, 3.63) is 60.2 Å². The Bertz CT molecular complexity index is 630. The van der Waals surface area contributed by atoms with Crippen molar-refractivity contribution in [3.63, 3.8) is 0 Å². The van der Waals surface area contributed by atoms with Gasteiger partial charge in [-0.15, -0.1) is 0 Å². The first-order valence-electron chi connectivity index (χ1n) is 7.30. The normalized spacial score (nSPS) is 16.5. The van der Waals surface area contributed by atoms with Crippen LogP contribution in [0.25, 0.3) is 0 Å². The summed E-state index contributed by atoms with van der Waals surface area (Å²) in [6.45, 7) is 3.92. The summed E-state index contributed by atoms with van der Waals surface area (Å²) >= 11 is 0. The summed E-state index contributed by atoms with van der Waals surface area (Å²) < 4.78 is 15.3. The molecule has 2 aromatic rings. The van der Waals surface area contributed by atoms with Gasteiger partial charge in [-0.1, -0.05) is 36.4 Å². The number of anilines is 1. The van der Waals surface area contributed by atoms with Gasteiger partial charge in [0.25, 0.3) is 0 Å². The molecule has 1 aliphatic heterocycles. The highest BCUT2D eigenvalue weighted by molar-refractivity contribution is 7.83. The lowest BCUT2D eigenvalue weighted by atomic mass is 10.2. The Labute approximate surface area is 128 Å². The van der Waals surface area contributed by atoms with E-state index in [1.807, 2.05) is 30.3 Å². The van der Waals surface area contributed by atoms with E-state index in [9.17, 15) is 4.21 Å². The third-order valence-electron chi connectivity index (χ3n) is 3.92. The predicted octanol–water partition coefficient (Wildman–Crippen LogP) is 2.75. The van der Waals surface area contributed by atoms with Crippen molar-refractivity contribution >= 4 is 16.7 Å². The van der Waals surface area contributed by atoms with Crippen molar-refractivity contribution in [2.75, 3.05) is 18.0 Å². The molecule has 3 nitrogen and oxygen atoms in total. The van der Waals surface area contributed by atoms with Crippen LogP contribution in [0, 0.1) is 0 Å². The van der Waals surface area contributed by atoms with Crippen LogP contribution in [0.15, 0.2) is 59.5 Å². The standard InChI is InChI=1S/C17H20N2OS/c1-14(13-18-21(20)16-8-3-2-4-9-16)19-12-11-15-7-5-6-10-17(15)19/h2-10,14,18H,11-13H2,1H3. The molecule has 1 N–H and O–H groups in total. The third-order valence-corrected chi connectivity index (χ3v) is 5.05. The second-order valence-corrected chi connectivity index (χ2v) is 6.65. The molecule has 0 saturated heterocycles. The lowest BCUT2D eigenvalue weighted by Gasteiger charge is -2.27. The SMILES string of the molecule is CC(CNS(=O)c1ccccc1)N1CCc2ccccc21. The highest BCUT2D eigenvalue weighted by Crippen LogP contribution is 2.28. The van der Waals surface area contributed by atoms with Crippen LogP contribution in [0.4, 0.5) is 5.69 Å². The zero-order valence-electron chi connectivity index (χ0n) is 12.2. The summed E-state index contributed by atoms with van der Waals surface area (Å²) in [4.78, 5) is 3.22. The fourth-order valence-electron chi connectivity index (χ4n) is 2.76. The van der Waals surface area contributed by atoms with Crippen molar-refractivity contribution < 1.29 is 4.21 Å². The number of para-hydroxylation sites is 1. The first-order valence-corrected chi connectivity index (χ1v) is 8.45. The van der Waals surface area contributed by atoms with E-state index in [0.717, 1.165) is 17.9 Å². The molecule has 110 valence electrons. The number of hydrogen-bond acceptors (Lipinski definition) is 2. The molecule has 0 fully saturated rings. The Kier molecular flexibility index (Phi) is 4.36. The Hall–Kier alpha value is -1.65. The van der Waals surface area contributed by atoms with E-state index >= 15 is 0 Å². The zero-order valence-corrected chi connectivity index (χ0v) is 13.0. The quantitative estimate of drug-likeness (QED) is 0.921. The Morgan fingerprint density at radius 3 is 2.67 bits per heavy atom. The minimum absolute atomic E-state index is 0.321. The van der Waals surface area contributed by atoms with Crippen LogP contribution in [0.2, 0.25) is 0 Å². The van der Waals surface area contributed by atoms with Gasteiger partial charge in [-0.2, -0.15) is 0 Å². The highest BCUT2D eigenvalue weighted by atomic mass is 32.2. The molecule has 21 heavy (non-hydrogen) atoms. The van der Waals surface area contributed by atoms with E-state index in [1.165, 1.54) is 11.3 Å². The van der Waals surface area contributed by atoms with Gasteiger partial charge < -0.3 is 4.90 Å². The number of hydrogen-bond donors (Lipinski definition) is 1. The van der Waals surface area contributed by atoms with Crippen LogP contribution in [-0.2, 0) is 17.4 Å². The van der Waals surface area contributed by atoms with Gasteiger partial charge in [-0.05, 0) is 37.1 Å². The summed E-state index contributed by atoms with van der Waals surface area (Å²) in [5.74, 6) is 0. The maximum Gasteiger partial charge on any atom is 0.124 e. The molecule has 0 saturated carbocycles. The Balaban J connectivity index is 1.61. The summed E-state index contributed by atoms with van der Waals surface area (Å²) in [6.07, 6.45) is 1.10. The monoisotopic (exact) mass is 300 g/mol. The molecular formula is C17H20N2OS. The van der Waals surface area contributed by atoms with E-state index in [-0.39, 0.29) is 0 Å². The van der Waals surface area contributed by atoms with Crippen LogP contribution in [0.1, 0.15) is 12.5 Å². The average molecular weight is 300 g/mol. The molecule has 3 rings (SSSR count). The number of nitrogens with one attached hydrogen (secondary N) is 1. The molecule has 0 radical (unpaired) electrons. The molecule has 1 heterocycles. The summed E-state index contributed by atoms with van der Waals surface area (Å²) in [7, 11) is -1.14. The molecule has 0 bridgehead atoms. The number of rotatable bonds is 5. The predicted molar refractivity (Wildman–Crippen MR) is 87.8 cm³/mol. The maximum absolute atomic E-state index is 12.2. The molecule has 2 atom stereocenters. The topological polar surface area (TPSA) is 32.3 Å². The molecule has 2 aromatic carbocycles. The summed E-state index contributed by atoms with van der Waals surface area (Å²) in [5.41, 5.74) is 2.73. The second-order valence-electron chi connectivity index (χ2n) is 5.35. The molecule has 1 aliphatic rings. The Morgan fingerprint density at radius 1 is 1.14 bits per heavy atom. The van der Waals surface area contributed by atoms with Crippen molar-refractivity contribution in [1.29, 1.82) is 0 Å². The lowest BCUT2D eigenvalue weighted by Crippen LogP contribution is -2.40. The third kappa shape index (κ3) is 3.17. The van der Waals surface area contributed by atoms with Crippen LogP contribution < -0.4 is 9.62 Å². The van der Waals surface area contributed by atoms with Crippen molar-refractivity contribution in [2.24, 2.45) is 0 Å². The first kappa shape index (κ1) is 14.3. The molecule has 4 heteroatoms. The second kappa shape index (κ2) is 6.41. The van der Waals surface area contributed by atoms with Gasteiger partial charge in [0.1, 0.15) is 11.0 Å². The van der Waals surface area contributed by atoms with Crippen LogP contribution in [-0.4, -0.2) is 23.3 Å². The van der Waals surface area contributed by atoms with Gasteiger partial charge in [0.15, 0.2) is 0 Å². The van der Waals surface area contributed by atoms with Crippen molar-refractivity contribution in [1.82, 2.24) is 4.72 Å². The average Bonchev–Trinajstić information content (AvgIpc) is 2.97. The van der Waals surface area contributed by atoms with E-state index in [0.29, 0.717) is 12.6 Å². The smallest absolute Gasteiger partial charge is 0.124 e. The van der Waals surface area contributed by atoms with Gasteiger partial charge >= 0.3 is 0 Å². The molecule has 0 aromatic heterocycles. The van der Waals surface area contributed by atoms with Crippen molar-refractivity contribution in [3.8, 4) is 0 Å². The maximum atomic E-state index is 12.2. The minimum Gasteiger partial charge on any atom is -0.367 e. The zero-order chi connectivity index (χ0) is 14.7. The fourth-order valence-corrected chi connectivity index (χ4v) is 3.72. The van der Waals surface area contributed by atoms with Crippen molar-refractivity contribution in [2.45, 2.75) is 24.3 Å². The number of benzene rings is 2. The molecule has 0 spiro atoms. The first-order chi connectivity index (χ1) is 10.3. The van der Waals surface area contributed by atoms with Crippen LogP contribution >= 0.6 is 0 Å². The summed E-state index contributed by atoms with van der Waals surface area (Å²) in [6, 6.07) is 18.4. The van der Waals surface area contributed by atoms with Crippen LogP contribution in [0.3, 0.4) is 0 Å². The molecule has 0 aliphatic carbocycles. The molecular weight excluding hydrogens is 280 g/mol. The van der Waals surface area contributed by atoms with Gasteiger partial charge in [-0.3, -0.25) is 0 Å². The van der Waals surface area contributed by atoms with E-state index in [2.05, 4.69) is 40.8 Å². The van der Waals surface area contributed by atoms with E-state index in [4.69, 9.17) is 0 Å². The highest BCUT2D eigenvalue weighted by Gasteiger charge is 2.22. The van der Waals surface area contributed by atoms with Gasteiger partial charge in [0.05, 0.1) is 4.90 Å². The fraction of sp³-hybridized carbons (Fsp3) is 0.294. The van der Waals surface area contributed by atoms with E-state index < -0.39 is 11.0 Å². The molecule has 0 amide bonds. The lowest BCUT2D eigenvalue weighted by molar-refractivity contribution is 0.625. The van der Waals surface area contributed by atoms with Gasteiger partial charge in [0, 0.05) is 24.8 Å². The van der Waals surface area contributed by atoms with E-state index in [1.54, 1.807) is 0 Å². The number of nitrogens with zero attached hydrogens (tertiary/aromatic N) is 1. The van der Waals surface area contributed by atoms with Crippen LogP contribution in [0.5, 0.6) is 0 Å².